The number of hydrogen-bond donors (Lipinski definition) is 4. The summed E-state index contributed by atoms with van der Waals surface area (Å²) >= 11 is 0. The van der Waals surface area contributed by atoms with Crippen LogP contribution in [-0.2, 0) is 22.5 Å². The van der Waals surface area contributed by atoms with E-state index in [-0.39, 0.29) is 6.54 Å². The molecule has 0 radical (unpaired) electrons. The number of amides is 2. The van der Waals surface area contributed by atoms with Crippen molar-refractivity contribution in [3.05, 3.63) is 90.1 Å². The lowest BCUT2D eigenvalue weighted by Crippen LogP contribution is -2.58. The fourth-order valence-electron chi connectivity index (χ4n) is 4.14. The van der Waals surface area contributed by atoms with Gasteiger partial charge in [-0.2, -0.15) is 0 Å². The van der Waals surface area contributed by atoms with Gasteiger partial charge in [-0.25, -0.2) is 9.80 Å². The van der Waals surface area contributed by atoms with Crippen LogP contribution in [0.25, 0.3) is 11.3 Å². The number of hydrazine groups is 1. The molecule has 0 saturated carbocycles. The number of aliphatic hydroxyl groups is 1. The molecule has 0 fully saturated rings. The van der Waals surface area contributed by atoms with Crippen molar-refractivity contribution in [1.82, 2.24) is 20.7 Å². The number of nitrogens with zero attached hydrogens (tertiary/aromatic N) is 2. The van der Waals surface area contributed by atoms with E-state index >= 15 is 0 Å². The van der Waals surface area contributed by atoms with Gasteiger partial charge >= 0.3 is 6.09 Å². The van der Waals surface area contributed by atoms with Crippen molar-refractivity contribution >= 4 is 12.0 Å². The number of ether oxygens (including phenoxy) is 1. The molecule has 39 heavy (non-hydrogen) atoms. The molecule has 9 nitrogen and oxygen atoms in total. The molecule has 0 bridgehead atoms. The standard InChI is InChI=1S/C30H39N5O4/c1-30(2,3)27(33-29(38)39-4)28(37)34-35(20-26(36)24(31)18-21-10-6-5-7-11-21)19-22-13-15-23(16-14-22)25-12-8-9-17-32-25/h5-17,24,26-27,36H,18-20,31H2,1-4H3,(H,33,38)(H,34,37)/t24-,26-,27-/m0/s1. The molecule has 2 aromatic carbocycles. The van der Waals surface area contributed by atoms with E-state index in [2.05, 4.69) is 15.7 Å². The Balaban J connectivity index is 1.78. The van der Waals surface area contributed by atoms with Gasteiger partial charge in [-0.15, -0.1) is 0 Å². The van der Waals surface area contributed by atoms with Gasteiger partial charge in [0, 0.05) is 30.9 Å². The minimum atomic E-state index is -0.931. The summed E-state index contributed by atoms with van der Waals surface area (Å²) in [6.45, 7) is 5.92. The smallest absolute Gasteiger partial charge is 0.407 e. The second-order valence-electron chi connectivity index (χ2n) is 10.6. The summed E-state index contributed by atoms with van der Waals surface area (Å²) < 4.78 is 4.72. The summed E-state index contributed by atoms with van der Waals surface area (Å²) in [5, 5.41) is 15.2. The first kappa shape index (κ1) is 29.8. The number of nitrogens with one attached hydrogen (secondary N) is 2. The summed E-state index contributed by atoms with van der Waals surface area (Å²) in [5.41, 5.74) is 12.4. The minimum absolute atomic E-state index is 0.0802. The lowest BCUT2D eigenvalue weighted by Gasteiger charge is -2.34. The molecule has 3 atom stereocenters. The molecule has 3 rings (SSSR count). The van der Waals surface area contributed by atoms with E-state index in [1.807, 2.05) is 93.6 Å². The number of aliphatic hydroxyl groups excluding tert-OH is 1. The van der Waals surface area contributed by atoms with E-state index in [1.54, 1.807) is 11.2 Å². The summed E-state index contributed by atoms with van der Waals surface area (Å²) in [6, 6.07) is 21.8. The van der Waals surface area contributed by atoms with E-state index < -0.39 is 35.6 Å². The summed E-state index contributed by atoms with van der Waals surface area (Å²) in [4.78, 5) is 29.7. The molecule has 1 heterocycles. The molecule has 208 valence electrons. The fraction of sp³-hybridized carbons (Fsp3) is 0.367. The van der Waals surface area contributed by atoms with Crippen LogP contribution in [0.4, 0.5) is 4.79 Å². The Hall–Kier alpha value is -3.79. The van der Waals surface area contributed by atoms with Gasteiger partial charge in [-0.3, -0.25) is 15.2 Å². The normalized spacial score (nSPS) is 13.8. The Morgan fingerprint density at radius 2 is 1.67 bits per heavy atom. The molecule has 5 N–H and O–H groups in total. The molecule has 0 spiro atoms. The van der Waals surface area contributed by atoms with Gasteiger partial charge < -0.3 is 20.9 Å². The van der Waals surface area contributed by atoms with Gasteiger partial charge in [-0.05, 0) is 35.1 Å². The number of hydrogen-bond acceptors (Lipinski definition) is 7. The zero-order chi connectivity index (χ0) is 28.4. The van der Waals surface area contributed by atoms with E-state index in [1.165, 1.54) is 7.11 Å². The van der Waals surface area contributed by atoms with Gasteiger partial charge in [0.2, 0.25) is 0 Å². The van der Waals surface area contributed by atoms with Crippen LogP contribution in [0.1, 0.15) is 31.9 Å². The summed E-state index contributed by atoms with van der Waals surface area (Å²) in [6.07, 6.45) is 0.595. The van der Waals surface area contributed by atoms with Crippen LogP contribution >= 0.6 is 0 Å². The number of nitrogens with two attached hydrogens (primary N) is 1. The molecule has 0 aliphatic rings. The van der Waals surface area contributed by atoms with Gasteiger partial charge in [0.25, 0.3) is 5.91 Å². The third kappa shape index (κ3) is 9.17. The van der Waals surface area contributed by atoms with Gasteiger partial charge in [0.05, 0.1) is 18.9 Å². The lowest BCUT2D eigenvalue weighted by molar-refractivity contribution is -0.131. The highest BCUT2D eigenvalue weighted by Gasteiger charge is 2.34. The molecule has 1 aromatic heterocycles. The molecule has 0 aliphatic carbocycles. The molecule has 2 amide bonds. The van der Waals surface area contributed by atoms with Crippen molar-refractivity contribution in [3.8, 4) is 11.3 Å². The average Bonchev–Trinajstić information content (AvgIpc) is 2.92. The number of rotatable bonds is 11. The van der Waals surface area contributed by atoms with Crippen LogP contribution in [0, 0.1) is 5.41 Å². The van der Waals surface area contributed by atoms with Crippen LogP contribution in [-0.4, -0.2) is 58.9 Å². The number of carbonyl (C=O) groups is 2. The quantitative estimate of drug-likeness (QED) is 0.278. The monoisotopic (exact) mass is 533 g/mol. The Kier molecular flexibility index (Phi) is 10.6. The highest BCUT2D eigenvalue weighted by Crippen LogP contribution is 2.21. The number of carbonyl (C=O) groups excluding carboxylic acids is 2. The SMILES string of the molecule is COC(=O)N[C@@H](C(=O)NN(Cc1ccc(-c2ccccn2)cc1)C[C@H](O)[C@@H](N)Cc1ccccc1)C(C)(C)C. The first-order valence-electron chi connectivity index (χ1n) is 12.9. The largest absolute Gasteiger partial charge is 0.453 e. The molecule has 0 unspecified atom stereocenters. The van der Waals surface area contributed by atoms with E-state index in [9.17, 15) is 14.7 Å². The highest BCUT2D eigenvalue weighted by atomic mass is 16.5. The van der Waals surface area contributed by atoms with Crippen molar-refractivity contribution in [2.45, 2.75) is 51.9 Å². The topological polar surface area (TPSA) is 130 Å². The molecular weight excluding hydrogens is 494 g/mol. The first-order valence-corrected chi connectivity index (χ1v) is 12.9. The number of alkyl carbamates (subject to hydrolysis) is 1. The maximum absolute atomic E-state index is 13.4. The molecule has 0 aliphatic heterocycles. The summed E-state index contributed by atoms with van der Waals surface area (Å²) in [5.74, 6) is -0.429. The van der Waals surface area contributed by atoms with Gasteiger partial charge in [0.15, 0.2) is 0 Å². The predicted molar refractivity (Wildman–Crippen MR) is 151 cm³/mol. The van der Waals surface area contributed by atoms with Gasteiger partial charge in [-0.1, -0.05) is 81.4 Å². The van der Waals surface area contributed by atoms with Gasteiger partial charge in [0.1, 0.15) is 6.04 Å². The average molecular weight is 534 g/mol. The molecular formula is C30H39N5O4. The predicted octanol–water partition coefficient (Wildman–Crippen LogP) is 3.28. The Morgan fingerprint density at radius 3 is 2.26 bits per heavy atom. The zero-order valence-electron chi connectivity index (χ0n) is 23.0. The summed E-state index contributed by atoms with van der Waals surface area (Å²) in [7, 11) is 1.25. The Bertz CT molecular complexity index is 1180. The first-order chi connectivity index (χ1) is 18.6. The van der Waals surface area contributed by atoms with Crippen molar-refractivity contribution < 1.29 is 19.4 Å². The Morgan fingerprint density at radius 1 is 1.00 bits per heavy atom. The molecule has 3 aromatic rings. The van der Waals surface area contributed by atoms with Crippen molar-refractivity contribution in [2.75, 3.05) is 13.7 Å². The number of methoxy groups -OCH3 is 1. The third-order valence-electron chi connectivity index (χ3n) is 6.35. The van der Waals surface area contributed by atoms with Crippen LogP contribution in [0.5, 0.6) is 0 Å². The number of pyridine rings is 1. The number of benzene rings is 2. The third-order valence-corrected chi connectivity index (χ3v) is 6.35. The van der Waals surface area contributed by atoms with Crippen LogP contribution in [0.3, 0.4) is 0 Å². The Labute approximate surface area is 230 Å². The van der Waals surface area contributed by atoms with Crippen molar-refractivity contribution in [1.29, 1.82) is 0 Å². The van der Waals surface area contributed by atoms with Crippen LogP contribution < -0.4 is 16.5 Å². The number of aromatic nitrogens is 1. The second kappa shape index (κ2) is 13.8. The van der Waals surface area contributed by atoms with E-state index in [0.717, 1.165) is 22.4 Å². The van der Waals surface area contributed by atoms with Crippen molar-refractivity contribution in [2.24, 2.45) is 11.1 Å². The van der Waals surface area contributed by atoms with E-state index in [4.69, 9.17) is 10.5 Å². The van der Waals surface area contributed by atoms with Crippen LogP contribution in [0.2, 0.25) is 0 Å². The maximum atomic E-state index is 13.4. The molecule has 0 saturated heterocycles. The minimum Gasteiger partial charge on any atom is -0.453 e. The lowest BCUT2D eigenvalue weighted by atomic mass is 9.86. The fourth-order valence-corrected chi connectivity index (χ4v) is 4.14. The zero-order valence-corrected chi connectivity index (χ0v) is 23.0. The van der Waals surface area contributed by atoms with E-state index in [0.29, 0.717) is 13.0 Å². The molecule has 9 heteroatoms. The maximum Gasteiger partial charge on any atom is 0.407 e. The van der Waals surface area contributed by atoms with Crippen molar-refractivity contribution in [3.63, 3.8) is 0 Å². The second-order valence-corrected chi connectivity index (χ2v) is 10.6. The highest BCUT2D eigenvalue weighted by molar-refractivity contribution is 5.86. The van der Waals surface area contributed by atoms with Crippen LogP contribution in [0.15, 0.2) is 79.0 Å².